The normalized spacial score (nSPS) is 17.0. The van der Waals surface area contributed by atoms with Crippen LogP contribution < -0.4 is 4.90 Å². The summed E-state index contributed by atoms with van der Waals surface area (Å²) in [5, 5.41) is 8.25. The molecule has 144 valence electrons. The van der Waals surface area contributed by atoms with Crippen LogP contribution in [0.5, 0.6) is 0 Å². The lowest BCUT2D eigenvalue weighted by atomic mass is 10.1. The average molecular weight is 379 g/mol. The van der Waals surface area contributed by atoms with E-state index in [0.29, 0.717) is 26.3 Å². The fraction of sp³-hybridized carbons (Fsp3) is 0.421. The van der Waals surface area contributed by atoms with E-state index in [1.165, 1.54) is 0 Å². The van der Waals surface area contributed by atoms with Crippen LogP contribution in [0.25, 0.3) is 11.0 Å². The summed E-state index contributed by atoms with van der Waals surface area (Å²) in [6.07, 6.45) is 2.67. The number of ether oxygens (including phenoxy) is 1. The topological polar surface area (TPSA) is 89.3 Å². The van der Waals surface area contributed by atoms with E-state index in [9.17, 15) is 4.79 Å². The van der Waals surface area contributed by atoms with Gasteiger partial charge in [0.1, 0.15) is 12.1 Å². The number of hydrogen-bond acceptors (Lipinski definition) is 7. The average Bonchev–Trinajstić information content (AvgIpc) is 3.16. The zero-order valence-corrected chi connectivity index (χ0v) is 15.5. The third kappa shape index (κ3) is 3.18. The van der Waals surface area contributed by atoms with E-state index in [4.69, 9.17) is 9.72 Å². The first-order chi connectivity index (χ1) is 13.8. The molecule has 0 unspecified atom stereocenters. The summed E-state index contributed by atoms with van der Waals surface area (Å²) in [6.45, 7) is 4.31. The molecule has 2 aliphatic rings. The maximum Gasteiger partial charge on any atom is 0.244 e. The number of hydrogen-bond donors (Lipinski definition) is 0. The molecule has 0 saturated carbocycles. The molecule has 1 saturated heterocycles. The molecule has 1 fully saturated rings. The number of carbonyl (C=O) groups is 1. The van der Waals surface area contributed by atoms with Crippen LogP contribution in [0.15, 0.2) is 30.5 Å². The first-order valence-corrected chi connectivity index (χ1v) is 9.51. The molecule has 0 atom stereocenters. The van der Waals surface area contributed by atoms with Crippen LogP contribution in [0.1, 0.15) is 11.3 Å². The minimum absolute atomic E-state index is 0.0211. The molecular weight excluding hydrogens is 358 g/mol. The Morgan fingerprint density at radius 3 is 2.89 bits per heavy atom. The smallest absolute Gasteiger partial charge is 0.244 e. The number of aromatic nitrogens is 5. The van der Waals surface area contributed by atoms with E-state index in [2.05, 4.69) is 20.2 Å². The minimum Gasteiger partial charge on any atom is -0.378 e. The van der Waals surface area contributed by atoms with Crippen molar-refractivity contribution in [2.24, 2.45) is 0 Å². The summed E-state index contributed by atoms with van der Waals surface area (Å²) in [7, 11) is 0. The highest BCUT2D eigenvalue weighted by molar-refractivity contribution is 5.80. The molecule has 9 nitrogen and oxygen atoms in total. The summed E-state index contributed by atoms with van der Waals surface area (Å²) < 4.78 is 7.06. The van der Waals surface area contributed by atoms with Gasteiger partial charge in [-0.05, 0) is 24.1 Å². The second-order valence-corrected chi connectivity index (χ2v) is 7.04. The van der Waals surface area contributed by atoms with E-state index < -0.39 is 0 Å². The van der Waals surface area contributed by atoms with Crippen molar-refractivity contribution < 1.29 is 9.53 Å². The molecule has 5 rings (SSSR count). The number of para-hydroxylation sites is 1. The Labute approximate surface area is 161 Å². The van der Waals surface area contributed by atoms with E-state index in [-0.39, 0.29) is 12.5 Å². The van der Waals surface area contributed by atoms with Crippen LogP contribution in [0.3, 0.4) is 0 Å². The van der Waals surface area contributed by atoms with Crippen LogP contribution in [-0.4, -0.2) is 68.6 Å². The summed E-state index contributed by atoms with van der Waals surface area (Å²) in [5.41, 5.74) is 3.71. The van der Waals surface area contributed by atoms with Crippen molar-refractivity contribution in [1.82, 2.24) is 29.9 Å². The molecule has 3 aromatic rings. The molecular formula is C19H21N7O2. The van der Waals surface area contributed by atoms with Gasteiger partial charge in [0.05, 0.1) is 31.0 Å². The van der Waals surface area contributed by atoms with E-state index >= 15 is 0 Å². The quantitative estimate of drug-likeness (QED) is 0.660. The fourth-order valence-electron chi connectivity index (χ4n) is 3.68. The van der Waals surface area contributed by atoms with Gasteiger partial charge in [-0.15, -0.1) is 5.10 Å². The van der Waals surface area contributed by atoms with Crippen LogP contribution in [0, 0.1) is 0 Å². The number of nitrogens with zero attached hydrogens (tertiary/aromatic N) is 7. The van der Waals surface area contributed by atoms with Crippen molar-refractivity contribution >= 4 is 22.9 Å². The predicted molar refractivity (Wildman–Crippen MR) is 102 cm³/mol. The Morgan fingerprint density at radius 2 is 2.00 bits per heavy atom. The summed E-state index contributed by atoms with van der Waals surface area (Å²) in [6, 6.07) is 7.66. The number of amides is 1. The minimum atomic E-state index is 0.0211. The van der Waals surface area contributed by atoms with Gasteiger partial charge in [-0.2, -0.15) is 0 Å². The molecule has 28 heavy (non-hydrogen) atoms. The van der Waals surface area contributed by atoms with Crippen LogP contribution in [-0.2, 0) is 29.0 Å². The lowest BCUT2D eigenvalue weighted by molar-refractivity contribution is -0.133. The standard InChI is InChI=1S/C19H21N7O2/c27-18(13-26-17-4-2-1-3-15(17)22-23-26)25-6-5-14-11-20-19(21-16(14)12-25)24-7-9-28-10-8-24/h1-4,11H,5-10,12-13H2. The largest absolute Gasteiger partial charge is 0.378 e. The third-order valence-corrected chi connectivity index (χ3v) is 5.29. The van der Waals surface area contributed by atoms with Gasteiger partial charge in [-0.3, -0.25) is 4.79 Å². The molecule has 0 aliphatic carbocycles. The number of anilines is 1. The van der Waals surface area contributed by atoms with Gasteiger partial charge < -0.3 is 14.5 Å². The maximum absolute atomic E-state index is 12.9. The van der Waals surface area contributed by atoms with Gasteiger partial charge >= 0.3 is 0 Å². The van der Waals surface area contributed by atoms with Crippen LogP contribution in [0.2, 0.25) is 0 Å². The van der Waals surface area contributed by atoms with E-state index in [1.54, 1.807) is 4.68 Å². The highest BCUT2D eigenvalue weighted by atomic mass is 16.5. The fourth-order valence-corrected chi connectivity index (χ4v) is 3.68. The Kier molecular flexibility index (Phi) is 4.36. The molecule has 2 aliphatic heterocycles. The van der Waals surface area contributed by atoms with Crippen LogP contribution >= 0.6 is 0 Å². The summed E-state index contributed by atoms with van der Waals surface area (Å²) in [5.74, 6) is 0.742. The molecule has 9 heteroatoms. The third-order valence-electron chi connectivity index (χ3n) is 5.29. The maximum atomic E-state index is 12.9. The monoisotopic (exact) mass is 379 g/mol. The van der Waals surface area contributed by atoms with Gasteiger partial charge in [-0.1, -0.05) is 17.3 Å². The van der Waals surface area contributed by atoms with Crippen molar-refractivity contribution in [3.8, 4) is 0 Å². The highest BCUT2D eigenvalue weighted by Gasteiger charge is 2.24. The van der Waals surface area contributed by atoms with Gasteiger partial charge in [0, 0.05) is 25.8 Å². The Hall–Kier alpha value is -3.07. The van der Waals surface area contributed by atoms with E-state index in [0.717, 1.165) is 47.7 Å². The Bertz CT molecular complexity index is 1010. The predicted octanol–water partition coefficient (Wildman–Crippen LogP) is 0.643. The SMILES string of the molecule is O=C(Cn1nnc2ccccc21)N1CCc2cnc(N3CCOCC3)nc2C1. The lowest BCUT2D eigenvalue weighted by Crippen LogP contribution is -2.40. The van der Waals surface area contributed by atoms with Gasteiger partial charge in [0.15, 0.2) is 0 Å². The number of benzene rings is 1. The number of rotatable bonds is 3. The van der Waals surface area contributed by atoms with Crippen molar-refractivity contribution in [3.05, 3.63) is 41.7 Å². The lowest BCUT2D eigenvalue weighted by Gasteiger charge is -2.30. The summed E-state index contributed by atoms with van der Waals surface area (Å²) in [4.78, 5) is 26.1. The highest BCUT2D eigenvalue weighted by Crippen LogP contribution is 2.20. The molecule has 4 heterocycles. The first-order valence-electron chi connectivity index (χ1n) is 9.51. The summed E-state index contributed by atoms with van der Waals surface area (Å²) >= 11 is 0. The van der Waals surface area contributed by atoms with Crippen molar-refractivity contribution in [2.75, 3.05) is 37.7 Å². The second kappa shape index (κ2) is 7.16. The number of morpholine rings is 1. The van der Waals surface area contributed by atoms with Gasteiger partial charge in [0.25, 0.3) is 0 Å². The van der Waals surface area contributed by atoms with Gasteiger partial charge in [0.2, 0.25) is 11.9 Å². The number of fused-ring (bicyclic) bond motifs is 2. The first kappa shape index (κ1) is 17.1. The molecule has 0 bridgehead atoms. The zero-order valence-electron chi connectivity index (χ0n) is 15.5. The molecule has 0 radical (unpaired) electrons. The zero-order chi connectivity index (χ0) is 18.9. The van der Waals surface area contributed by atoms with E-state index in [1.807, 2.05) is 35.4 Å². The second-order valence-electron chi connectivity index (χ2n) is 7.04. The Balaban J connectivity index is 1.32. The molecule has 1 amide bonds. The van der Waals surface area contributed by atoms with Crippen molar-refractivity contribution in [2.45, 2.75) is 19.5 Å². The van der Waals surface area contributed by atoms with Crippen molar-refractivity contribution in [1.29, 1.82) is 0 Å². The van der Waals surface area contributed by atoms with Crippen molar-refractivity contribution in [3.63, 3.8) is 0 Å². The molecule has 0 spiro atoms. The number of carbonyl (C=O) groups excluding carboxylic acids is 1. The molecule has 1 aromatic carbocycles. The van der Waals surface area contributed by atoms with Gasteiger partial charge in [-0.25, -0.2) is 14.6 Å². The molecule has 0 N–H and O–H groups in total. The molecule has 2 aromatic heterocycles. The Morgan fingerprint density at radius 1 is 1.14 bits per heavy atom. The van der Waals surface area contributed by atoms with Crippen LogP contribution in [0.4, 0.5) is 5.95 Å².